The van der Waals surface area contributed by atoms with Crippen LogP contribution in [0.4, 0.5) is 5.69 Å². The van der Waals surface area contributed by atoms with Crippen LogP contribution in [0.25, 0.3) is 0 Å². The zero-order valence-electron chi connectivity index (χ0n) is 10.3. The summed E-state index contributed by atoms with van der Waals surface area (Å²) in [6, 6.07) is 13.4. The lowest BCUT2D eigenvalue weighted by atomic mass is 10.2. The summed E-state index contributed by atoms with van der Waals surface area (Å²) in [4.78, 5) is 12.7. The Kier molecular flexibility index (Phi) is 4.63. The van der Waals surface area contributed by atoms with Crippen LogP contribution in [0.5, 0.6) is 0 Å². The maximum absolute atomic E-state index is 10.7. The average molecular weight is 324 g/mol. The molecule has 0 radical (unpaired) electrons. The van der Waals surface area contributed by atoms with E-state index in [-0.39, 0.29) is 6.42 Å². The fourth-order valence-corrected chi connectivity index (χ4v) is 2.13. The first-order valence-electron chi connectivity index (χ1n) is 5.91. The van der Waals surface area contributed by atoms with Crippen molar-refractivity contribution in [3.8, 4) is 0 Å². The molecule has 4 nitrogen and oxygen atoms in total. The lowest BCUT2D eigenvalue weighted by Crippen LogP contribution is -2.25. The number of carboxylic acid groups (broad SMARTS) is 1. The Morgan fingerprint density at radius 1 is 1.21 bits per heavy atom. The minimum absolute atomic E-state index is 0.0940. The highest BCUT2D eigenvalue weighted by Crippen LogP contribution is 2.20. The molecule has 1 aromatic carbocycles. The number of rotatable bonds is 6. The second-order valence-corrected chi connectivity index (χ2v) is 4.89. The molecule has 19 heavy (non-hydrogen) atoms. The molecule has 1 heterocycles. The number of benzene rings is 1. The Hall–Kier alpha value is -1.75. The first-order valence-corrected chi connectivity index (χ1v) is 6.70. The van der Waals surface area contributed by atoms with Gasteiger partial charge in [0.15, 0.2) is 4.67 Å². The van der Waals surface area contributed by atoms with Gasteiger partial charge in [-0.1, -0.05) is 18.2 Å². The molecular formula is C14H14BrNO3. The lowest BCUT2D eigenvalue weighted by molar-refractivity contribution is -0.136. The van der Waals surface area contributed by atoms with Crippen molar-refractivity contribution in [2.45, 2.75) is 13.0 Å². The van der Waals surface area contributed by atoms with Crippen molar-refractivity contribution in [1.82, 2.24) is 0 Å². The van der Waals surface area contributed by atoms with Crippen LogP contribution in [0.2, 0.25) is 0 Å². The predicted molar refractivity (Wildman–Crippen MR) is 76.2 cm³/mol. The maximum atomic E-state index is 10.7. The second kappa shape index (κ2) is 6.43. The summed E-state index contributed by atoms with van der Waals surface area (Å²) in [6.07, 6.45) is 0.0940. The molecule has 0 atom stereocenters. The Bertz CT molecular complexity index is 539. The van der Waals surface area contributed by atoms with Gasteiger partial charge in [0.05, 0.1) is 13.0 Å². The smallest absolute Gasteiger partial charge is 0.305 e. The van der Waals surface area contributed by atoms with E-state index in [0.29, 0.717) is 17.8 Å². The largest absolute Gasteiger partial charge is 0.481 e. The molecule has 0 saturated heterocycles. The van der Waals surface area contributed by atoms with E-state index in [1.807, 2.05) is 47.4 Å². The molecule has 100 valence electrons. The molecule has 1 N–H and O–H groups in total. The van der Waals surface area contributed by atoms with Crippen molar-refractivity contribution in [3.05, 3.63) is 52.9 Å². The summed E-state index contributed by atoms with van der Waals surface area (Å²) >= 11 is 3.26. The molecule has 0 bridgehead atoms. The molecule has 2 rings (SSSR count). The standard InChI is InChI=1S/C14H14BrNO3/c15-13-7-6-12(19-13)10-16(9-8-14(17)18)11-4-2-1-3-5-11/h1-7H,8-10H2,(H,17,18). The Morgan fingerprint density at radius 2 is 1.95 bits per heavy atom. The zero-order valence-corrected chi connectivity index (χ0v) is 11.8. The molecule has 0 aliphatic carbocycles. The topological polar surface area (TPSA) is 53.7 Å². The SMILES string of the molecule is O=C(O)CCN(Cc1ccc(Br)o1)c1ccccc1. The number of hydrogen-bond acceptors (Lipinski definition) is 3. The van der Waals surface area contributed by atoms with E-state index in [4.69, 9.17) is 9.52 Å². The molecule has 0 aliphatic heterocycles. The zero-order chi connectivity index (χ0) is 13.7. The monoisotopic (exact) mass is 323 g/mol. The molecule has 1 aromatic heterocycles. The number of carboxylic acids is 1. The van der Waals surface area contributed by atoms with Crippen LogP contribution < -0.4 is 4.90 Å². The first kappa shape index (κ1) is 13.7. The summed E-state index contributed by atoms with van der Waals surface area (Å²) in [5, 5.41) is 8.82. The minimum atomic E-state index is -0.804. The number of halogens is 1. The summed E-state index contributed by atoms with van der Waals surface area (Å²) in [5.74, 6) is -0.0114. The summed E-state index contributed by atoms with van der Waals surface area (Å²) < 4.78 is 6.14. The fraction of sp³-hybridized carbons (Fsp3) is 0.214. The van der Waals surface area contributed by atoms with Gasteiger partial charge in [0.2, 0.25) is 0 Å². The molecule has 0 aliphatic rings. The van der Waals surface area contributed by atoms with Gasteiger partial charge in [0.1, 0.15) is 5.76 Å². The van der Waals surface area contributed by atoms with Gasteiger partial charge in [-0.15, -0.1) is 0 Å². The van der Waals surface area contributed by atoms with Gasteiger partial charge in [-0.05, 0) is 40.2 Å². The van der Waals surface area contributed by atoms with E-state index in [1.54, 1.807) is 0 Å². The van der Waals surface area contributed by atoms with Crippen LogP contribution in [0.3, 0.4) is 0 Å². The quantitative estimate of drug-likeness (QED) is 0.883. The van der Waals surface area contributed by atoms with E-state index in [2.05, 4.69) is 15.9 Å². The predicted octanol–water partition coefficient (Wildman–Crippen LogP) is 3.52. The van der Waals surface area contributed by atoms with Crippen molar-refractivity contribution in [3.63, 3.8) is 0 Å². The van der Waals surface area contributed by atoms with Crippen LogP contribution in [0.15, 0.2) is 51.6 Å². The van der Waals surface area contributed by atoms with Crippen molar-refractivity contribution in [2.75, 3.05) is 11.4 Å². The van der Waals surface area contributed by atoms with Gasteiger partial charge in [-0.25, -0.2) is 0 Å². The Labute approximate surface area is 119 Å². The van der Waals surface area contributed by atoms with Crippen LogP contribution in [0, 0.1) is 0 Å². The molecule has 0 fully saturated rings. The average Bonchev–Trinajstić information content (AvgIpc) is 2.81. The lowest BCUT2D eigenvalue weighted by Gasteiger charge is -2.23. The first-order chi connectivity index (χ1) is 9.15. The van der Waals surface area contributed by atoms with Crippen LogP contribution in [-0.2, 0) is 11.3 Å². The number of anilines is 1. The maximum Gasteiger partial charge on any atom is 0.305 e. The third kappa shape index (κ3) is 4.13. The Morgan fingerprint density at radius 3 is 2.53 bits per heavy atom. The van der Waals surface area contributed by atoms with Gasteiger partial charge in [0.25, 0.3) is 0 Å². The molecule has 5 heteroatoms. The molecule has 0 spiro atoms. The van der Waals surface area contributed by atoms with Crippen molar-refractivity contribution in [1.29, 1.82) is 0 Å². The number of hydrogen-bond donors (Lipinski definition) is 1. The fourth-order valence-electron chi connectivity index (χ4n) is 1.79. The number of aliphatic carboxylic acids is 1. The molecule has 0 amide bonds. The summed E-state index contributed by atoms with van der Waals surface area (Å²) in [5.41, 5.74) is 0.983. The number of para-hydroxylation sites is 1. The number of carbonyl (C=O) groups is 1. The summed E-state index contributed by atoms with van der Waals surface area (Å²) in [7, 11) is 0. The molecular weight excluding hydrogens is 310 g/mol. The second-order valence-electron chi connectivity index (χ2n) is 4.11. The Balaban J connectivity index is 2.12. The van der Waals surface area contributed by atoms with E-state index >= 15 is 0 Å². The molecule has 0 unspecified atom stereocenters. The third-order valence-corrected chi connectivity index (χ3v) is 3.12. The molecule has 0 saturated carbocycles. The third-order valence-electron chi connectivity index (χ3n) is 2.69. The highest BCUT2D eigenvalue weighted by Gasteiger charge is 2.11. The van der Waals surface area contributed by atoms with Crippen molar-refractivity contribution >= 4 is 27.6 Å². The van der Waals surface area contributed by atoms with E-state index < -0.39 is 5.97 Å². The molecule has 2 aromatic rings. The van der Waals surface area contributed by atoms with Gasteiger partial charge in [-0.3, -0.25) is 4.79 Å². The summed E-state index contributed by atoms with van der Waals surface area (Å²) in [6.45, 7) is 0.987. The number of nitrogens with zero attached hydrogens (tertiary/aromatic N) is 1. The van der Waals surface area contributed by atoms with Crippen LogP contribution >= 0.6 is 15.9 Å². The van der Waals surface area contributed by atoms with E-state index in [0.717, 1.165) is 11.4 Å². The van der Waals surface area contributed by atoms with Gasteiger partial charge in [0, 0.05) is 12.2 Å². The van der Waals surface area contributed by atoms with Crippen LogP contribution in [0.1, 0.15) is 12.2 Å². The van der Waals surface area contributed by atoms with E-state index in [1.165, 1.54) is 0 Å². The highest BCUT2D eigenvalue weighted by molar-refractivity contribution is 9.10. The highest BCUT2D eigenvalue weighted by atomic mass is 79.9. The van der Waals surface area contributed by atoms with Crippen LogP contribution in [-0.4, -0.2) is 17.6 Å². The van der Waals surface area contributed by atoms with Gasteiger partial charge < -0.3 is 14.4 Å². The van der Waals surface area contributed by atoms with Crippen molar-refractivity contribution in [2.24, 2.45) is 0 Å². The minimum Gasteiger partial charge on any atom is -0.481 e. The van der Waals surface area contributed by atoms with Gasteiger partial charge in [-0.2, -0.15) is 0 Å². The number of furan rings is 1. The van der Waals surface area contributed by atoms with Gasteiger partial charge >= 0.3 is 5.97 Å². The van der Waals surface area contributed by atoms with E-state index in [9.17, 15) is 4.79 Å². The normalized spacial score (nSPS) is 10.4. The van der Waals surface area contributed by atoms with Crippen molar-refractivity contribution < 1.29 is 14.3 Å².